The Bertz CT molecular complexity index is 1210. The van der Waals surface area contributed by atoms with Crippen LogP contribution in [0.1, 0.15) is 5.56 Å². The lowest BCUT2D eigenvalue weighted by Crippen LogP contribution is -2.55. The Morgan fingerprint density at radius 1 is 0.667 bits per heavy atom. The molecule has 238 valence electrons. The fraction of sp³-hybridized carbons (Fsp3) is 0.474. The van der Waals surface area contributed by atoms with Crippen molar-refractivity contribution in [2.75, 3.05) is 7.11 Å². The number of amides is 1. The molecule has 0 aliphatic heterocycles. The summed E-state index contributed by atoms with van der Waals surface area (Å²) >= 11 is 0. The van der Waals surface area contributed by atoms with E-state index >= 15 is 0 Å². The van der Waals surface area contributed by atoms with Gasteiger partial charge in [-0.2, -0.15) is 65.9 Å². The van der Waals surface area contributed by atoms with Crippen LogP contribution in [-0.2, 0) is 30.3 Å². The molecule has 0 bridgehead atoms. The number of benzene rings is 1. The van der Waals surface area contributed by atoms with Gasteiger partial charge in [-0.15, -0.1) is 0 Å². The zero-order valence-corrected chi connectivity index (χ0v) is 19.5. The van der Waals surface area contributed by atoms with Crippen molar-refractivity contribution in [3.05, 3.63) is 23.8 Å². The summed E-state index contributed by atoms with van der Waals surface area (Å²) in [5.41, 5.74) is -0.887. The minimum absolute atomic E-state index is 0.00545. The van der Waals surface area contributed by atoms with Crippen molar-refractivity contribution in [3.63, 3.8) is 0 Å². The monoisotopic (exact) mass is 649 g/mol. The van der Waals surface area contributed by atoms with Crippen LogP contribution in [0.25, 0.3) is 0 Å². The lowest BCUT2D eigenvalue weighted by Gasteiger charge is -2.23. The standard InChI is InChI=1S/C19H10F15NO7/c1-40-10(36)7(35-11(37)14(20,21)17(26,27)28)4-6-2-3-8(41-12(38)15(22,23)18(29,30)31)9(5-6)42-13(39)16(24,25)19(32,33)34/h2-3,5,7H,4H2,1H3,(H,35,37)/t7-/m0/s1. The SMILES string of the molecule is COC(=O)[C@H](Cc1ccc(OC(=O)C(F)(F)C(F)(F)F)c(OC(=O)C(F)(F)C(F)(F)F)c1)NC(=O)C(F)(F)C(F)(F)F. The molecule has 8 nitrogen and oxygen atoms in total. The Labute approximate surface area is 220 Å². The topological polar surface area (TPSA) is 108 Å². The van der Waals surface area contributed by atoms with E-state index in [-0.39, 0.29) is 12.1 Å². The molecule has 1 amide bonds. The number of carbonyl (C=O) groups excluding carboxylic acids is 4. The molecule has 0 saturated heterocycles. The van der Waals surface area contributed by atoms with E-state index in [4.69, 9.17) is 0 Å². The normalized spacial score (nSPS) is 14.1. The Morgan fingerprint density at radius 3 is 1.45 bits per heavy atom. The van der Waals surface area contributed by atoms with Crippen LogP contribution in [0.5, 0.6) is 11.5 Å². The molecule has 1 atom stereocenters. The summed E-state index contributed by atoms with van der Waals surface area (Å²) in [5, 5.41) is 0.881. The minimum Gasteiger partial charge on any atom is -0.467 e. The summed E-state index contributed by atoms with van der Waals surface area (Å²) in [6, 6.07) is -2.31. The van der Waals surface area contributed by atoms with Gasteiger partial charge in [-0.3, -0.25) is 4.79 Å². The quantitative estimate of drug-likeness (QED) is 0.242. The van der Waals surface area contributed by atoms with Crippen LogP contribution in [0, 0.1) is 0 Å². The zero-order valence-electron chi connectivity index (χ0n) is 19.5. The van der Waals surface area contributed by atoms with Gasteiger partial charge in [-0.25, -0.2) is 14.4 Å². The van der Waals surface area contributed by atoms with E-state index in [9.17, 15) is 85.0 Å². The number of hydrogen-bond acceptors (Lipinski definition) is 7. The molecule has 0 radical (unpaired) electrons. The Hall–Kier alpha value is -3.95. The summed E-state index contributed by atoms with van der Waals surface area (Å²) in [6.07, 6.45) is -21.2. The van der Waals surface area contributed by atoms with E-state index in [0.717, 1.165) is 5.32 Å². The van der Waals surface area contributed by atoms with Crippen LogP contribution >= 0.6 is 0 Å². The number of carbonyl (C=O) groups is 4. The fourth-order valence-electron chi connectivity index (χ4n) is 2.35. The third-order valence-electron chi connectivity index (χ3n) is 4.51. The molecule has 0 aromatic heterocycles. The molecule has 0 unspecified atom stereocenters. The maximum Gasteiger partial charge on any atom is 0.465 e. The van der Waals surface area contributed by atoms with Gasteiger partial charge in [0.15, 0.2) is 11.5 Å². The Balaban J connectivity index is 3.58. The van der Waals surface area contributed by atoms with Gasteiger partial charge in [0.2, 0.25) is 0 Å². The summed E-state index contributed by atoms with van der Waals surface area (Å²) in [5.74, 6) is -34.8. The minimum atomic E-state index is -6.69. The van der Waals surface area contributed by atoms with Crippen molar-refractivity contribution in [1.82, 2.24) is 5.32 Å². The molecule has 0 fully saturated rings. The number of ether oxygens (including phenoxy) is 3. The molecule has 1 aromatic rings. The number of nitrogens with one attached hydrogen (secondary N) is 1. The smallest absolute Gasteiger partial charge is 0.465 e. The number of methoxy groups -OCH3 is 1. The van der Waals surface area contributed by atoms with Gasteiger partial charge in [0.1, 0.15) is 6.04 Å². The highest BCUT2D eigenvalue weighted by molar-refractivity contribution is 5.89. The van der Waals surface area contributed by atoms with Crippen LogP contribution in [0.3, 0.4) is 0 Å². The average molecular weight is 649 g/mol. The van der Waals surface area contributed by atoms with Crippen molar-refractivity contribution < 1.29 is 99.2 Å². The van der Waals surface area contributed by atoms with E-state index in [1.807, 2.05) is 0 Å². The van der Waals surface area contributed by atoms with Gasteiger partial charge in [0.05, 0.1) is 7.11 Å². The molecule has 0 aliphatic rings. The van der Waals surface area contributed by atoms with Gasteiger partial charge >= 0.3 is 60.1 Å². The van der Waals surface area contributed by atoms with Gasteiger partial charge in [-0.1, -0.05) is 6.07 Å². The first kappa shape index (κ1) is 36.1. The molecule has 1 N–H and O–H groups in total. The van der Waals surface area contributed by atoms with Crippen LogP contribution in [0.15, 0.2) is 18.2 Å². The van der Waals surface area contributed by atoms with Gasteiger partial charge in [0, 0.05) is 6.42 Å². The molecule has 0 saturated carbocycles. The zero-order chi connectivity index (χ0) is 33.3. The van der Waals surface area contributed by atoms with Crippen LogP contribution in [0.4, 0.5) is 65.9 Å². The summed E-state index contributed by atoms with van der Waals surface area (Å²) in [7, 11) is 0.499. The summed E-state index contributed by atoms with van der Waals surface area (Å²) in [6.45, 7) is 0. The lowest BCUT2D eigenvalue weighted by atomic mass is 10.0. The first-order chi connectivity index (χ1) is 18.6. The summed E-state index contributed by atoms with van der Waals surface area (Å²) < 4.78 is 203. The van der Waals surface area contributed by atoms with Crippen molar-refractivity contribution in [2.45, 2.75) is 48.8 Å². The van der Waals surface area contributed by atoms with E-state index < -0.39 is 89.6 Å². The van der Waals surface area contributed by atoms with E-state index in [1.165, 1.54) is 0 Å². The van der Waals surface area contributed by atoms with Gasteiger partial charge in [0.25, 0.3) is 0 Å². The highest BCUT2D eigenvalue weighted by Crippen LogP contribution is 2.41. The van der Waals surface area contributed by atoms with Crippen molar-refractivity contribution >= 4 is 23.8 Å². The predicted molar refractivity (Wildman–Crippen MR) is 98.4 cm³/mol. The van der Waals surface area contributed by atoms with Gasteiger partial charge in [-0.05, 0) is 17.7 Å². The number of esters is 3. The van der Waals surface area contributed by atoms with E-state index in [1.54, 1.807) is 0 Å². The molecule has 42 heavy (non-hydrogen) atoms. The highest BCUT2D eigenvalue weighted by Gasteiger charge is 2.67. The first-order valence-electron chi connectivity index (χ1n) is 9.91. The van der Waals surface area contributed by atoms with Crippen molar-refractivity contribution in [3.8, 4) is 11.5 Å². The van der Waals surface area contributed by atoms with E-state index in [0.29, 0.717) is 13.2 Å². The first-order valence-corrected chi connectivity index (χ1v) is 9.91. The van der Waals surface area contributed by atoms with Crippen molar-refractivity contribution in [2.24, 2.45) is 0 Å². The number of rotatable bonds is 9. The molecule has 1 rings (SSSR count). The second kappa shape index (κ2) is 11.7. The third-order valence-corrected chi connectivity index (χ3v) is 4.51. The molecule has 0 spiro atoms. The molecular formula is C19H10F15NO7. The second-order valence-corrected chi connectivity index (χ2v) is 7.53. The Kier molecular flexibility index (Phi) is 10.1. The van der Waals surface area contributed by atoms with Crippen LogP contribution in [-0.4, -0.2) is 73.3 Å². The lowest BCUT2D eigenvalue weighted by molar-refractivity contribution is -0.277. The second-order valence-electron chi connectivity index (χ2n) is 7.53. The molecule has 0 aliphatic carbocycles. The van der Waals surface area contributed by atoms with Crippen LogP contribution < -0.4 is 14.8 Å². The molecule has 0 heterocycles. The van der Waals surface area contributed by atoms with E-state index in [2.05, 4.69) is 14.2 Å². The highest BCUT2D eigenvalue weighted by atomic mass is 19.4. The molecular weight excluding hydrogens is 639 g/mol. The fourth-order valence-corrected chi connectivity index (χ4v) is 2.35. The number of alkyl halides is 15. The maximum absolute atomic E-state index is 13.3. The van der Waals surface area contributed by atoms with Crippen LogP contribution in [0.2, 0.25) is 0 Å². The number of halogens is 15. The maximum atomic E-state index is 13.3. The van der Waals surface area contributed by atoms with Crippen molar-refractivity contribution in [1.29, 1.82) is 0 Å². The largest absolute Gasteiger partial charge is 0.467 e. The average Bonchev–Trinajstić information content (AvgIpc) is 2.82. The molecule has 1 aromatic carbocycles. The third kappa shape index (κ3) is 7.66. The predicted octanol–water partition coefficient (Wildman–Crippen LogP) is 4.29. The summed E-state index contributed by atoms with van der Waals surface area (Å²) in [4.78, 5) is 46.0. The Morgan fingerprint density at radius 2 is 1.07 bits per heavy atom. The van der Waals surface area contributed by atoms with Gasteiger partial charge < -0.3 is 19.5 Å². The molecule has 23 heteroatoms. The number of hydrogen-bond donors (Lipinski definition) is 1.